The minimum atomic E-state index is -1.82. The number of hydrogen-bond acceptors (Lipinski definition) is 3. The van der Waals surface area contributed by atoms with Crippen molar-refractivity contribution in [3.05, 3.63) is 71.4 Å². The Hall–Kier alpha value is -2.46. The van der Waals surface area contributed by atoms with Gasteiger partial charge in [-0.25, -0.2) is 0 Å². The number of rotatable bonds is 9. The van der Waals surface area contributed by atoms with Gasteiger partial charge < -0.3 is 4.74 Å². The Balaban J connectivity index is 2.65. The first kappa shape index (κ1) is 24.8. The minimum absolute atomic E-state index is 0.320. The molecule has 31 heavy (non-hydrogen) atoms. The van der Waals surface area contributed by atoms with Gasteiger partial charge in [-0.3, -0.25) is 9.59 Å². The number of ether oxygens (including phenoxy) is 1. The largest absolute Gasteiger partial charge is 0.453 e. The van der Waals surface area contributed by atoms with E-state index in [1.807, 2.05) is 48.5 Å². The van der Waals surface area contributed by atoms with E-state index in [-0.39, 0.29) is 5.97 Å². The Bertz CT molecular complexity index is 906. The molecule has 0 heterocycles. The van der Waals surface area contributed by atoms with Crippen molar-refractivity contribution in [2.24, 2.45) is 0 Å². The van der Waals surface area contributed by atoms with E-state index in [2.05, 4.69) is 53.3 Å². The lowest BCUT2D eigenvalue weighted by atomic mass is 9.93. The molecule has 1 unspecified atom stereocenters. The molecule has 0 spiro atoms. The molecule has 2 aromatic carbocycles. The summed E-state index contributed by atoms with van der Waals surface area (Å²) in [6.07, 6.45) is 2.46. The van der Waals surface area contributed by atoms with Crippen LogP contribution in [0, 0.1) is 0 Å². The van der Waals surface area contributed by atoms with Crippen molar-refractivity contribution in [1.82, 2.24) is 0 Å². The van der Waals surface area contributed by atoms with Gasteiger partial charge in [0.15, 0.2) is 6.29 Å². The quantitative estimate of drug-likeness (QED) is 0.231. The second kappa shape index (κ2) is 10.7. The number of carbonyl (C=O) groups excluding carboxylic acids is 2. The molecular formula is C27H36O3Si. The van der Waals surface area contributed by atoms with E-state index >= 15 is 0 Å². The molecule has 4 heteroatoms. The van der Waals surface area contributed by atoms with Crippen LogP contribution in [0.2, 0.25) is 16.6 Å². The molecule has 0 fully saturated rings. The third kappa shape index (κ3) is 5.42. The van der Waals surface area contributed by atoms with Crippen molar-refractivity contribution in [3.8, 4) is 11.1 Å². The molecule has 0 aliphatic heterocycles. The Morgan fingerprint density at radius 1 is 0.839 bits per heavy atom. The standard InChI is InChI=1S/C27H36O3Si/c1-19(2)31(20(3)4,21(5)6)17-16-27(30-22(7)29)26-15-11-10-14-25(26)24-13-9-8-12-23(24)18-28/h8-21,27H,1-7H3/b17-16+. The minimum Gasteiger partial charge on any atom is -0.453 e. The van der Waals surface area contributed by atoms with Gasteiger partial charge in [0.25, 0.3) is 0 Å². The molecule has 1 atom stereocenters. The second-order valence-electron chi connectivity index (χ2n) is 9.15. The van der Waals surface area contributed by atoms with Crippen LogP contribution in [0.25, 0.3) is 11.1 Å². The Kier molecular flexibility index (Phi) is 8.57. The number of esters is 1. The molecule has 166 valence electrons. The molecule has 0 aliphatic rings. The topological polar surface area (TPSA) is 43.4 Å². The summed E-state index contributed by atoms with van der Waals surface area (Å²) in [6, 6.07) is 15.4. The maximum Gasteiger partial charge on any atom is 0.303 e. The fourth-order valence-corrected chi connectivity index (χ4v) is 10.7. The number of benzene rings is 2. The molecule has 0 radical (unpaired) electrons. The molecule has 3 nitrogen and oxygen atoms in total. The zero-order valence-corrected chi connectivity index (χ0v) is 20.9. The average molecular weight is 437 g/mol. The van der Waals surface area contributed by atoms with E-state index in [9.17, 15) is 9.59 Å². The first-order valence-corrected chi connectivity index (χ1v) is 13.5. The van der Waals surface area contributed by atoms with Gasteiger partial charge in [-0.15, -0.1) is 0 Å². The lowest BCUT2D eigenvalue weighted by Gasteiger charge is -2.41. The highest BCUT2D eigenvalue weighted by molar-refractivity contribution is 6.87. The molecule has 0 aliphatic carbocycles. The molecule has 0 N–H and O–H groups in total. The van der Waals surface area contributed by atoms with E-state index < -0.39 is 14.2 Å². The summed E-state index contributed by atoms with van der Waals surface area (Å²) in [5, 5.41) is 0. The molecule has 0 bridgehead atoms. The van der Waals surface area contributed by atoms with Crippen LogP contribution in [0.4, 0.5) is 0 Å². The molecule has 0 saturated carbocycles. The average Bonchev–Trinajstić information content (AvgIpc) is 2.72. The summed E-state index contributed by atoms with van der Waals surface area (Å²) in [5.41, 5.74) is 7.35. The zero-order chi connectivity index (χ0) is 23.2. The Morgan fingerprint density at radius 2 is 1.35 bits per heavy atom. The fourth-order valence-electron chi connectivity index (χ4n) is 5.05. The van der Waals surface area contributed by atoms with Crippen molar-refractivity contribution in [1.29, 1.82) is 0 Å². The zero-order valence-electron chi connectivity index (χ0n) is 19.9. The van der Waals surface area contributed by atoms with Crippen LogP contribution in [0.3, 0.4) is 0 Å². The van der Waals surface area contributed by atoms with E-state index in [1.165, 1.54) is 6.92 Å². The fraction of sp³-hybridized carbons (Fsp3) is 0.407. The summed E-state index contributed by atoms with van der Waals surface area (Å²) in [6.45, 7) is 15.3. The Morgan fingerprint density at radius 3 is 1.87 bits per heavy atom. The van der Waals surface area contributed by atoms with Gasteiger partial charge in [0, 0.05) is 18.1 Å². The van der Waals surface area contributed by atoms with E-state index in [0.29, 0.717) is 22.2 Å². The highest BCUT2D eigenvalue weighted by atomic mass is 28.3. The molecule has 2 aromatic rings. The van der Waals surface area contributed by atoms with Gasteiger partial charge in [0.2, 0.25) is 0 Å². The summed E-state index contributed by atoms with van der Waals surface area (Å²) >= 11 is 0. The third-order valence-electron chi connectivity index (χ3n) is 6.50. The van der Waals surface area contributed by atoms with Crippen molar-refractivity contribution in [2.45, 2.75) is 71.2 Å². The predicted octanol–water partition coefficient (Wildman–Crippen LogP) is 7.54. The monoisotopic (exact) mass is 436 g/mol. The summed E-state index contributed by atoms with van der Waals surface area (Å²) in [5.74, 6) is -0.320. The van der Waals surface area contributed by atoms with Crippen LogP contribution >= 0.6 is 0 Å². The van der Waals surface area contributed by atoms with Crippen LogP contribution < -0.4 is 0 Å². The van der Waals surface area contributed by atoms with Crippen LogP contribution in [0.1, 0.15) is 70.5 Å². The smallest absolute Gasteiger partial charge is 0.303 e. The van der Waals surface area contributed by atoms with Gasteiger partial charge in [-0.1, -0.05) is 95.8 Å². The molecule has 0 saturated heterocycles. The van der Waals surface area contributed by atoms with Crippen LogP contribution in [-0.4, -0.2) is 20.3 Å². The van der Waals surface area contributed by atoms with Gasteiger partial charge in [0.1, 0.15) is 6.10 Å². The number of carbonyl (C=O) groups is 2. The van der Waals surface area contributed by atoms with Gasteiger partial charge in [-0.05, 0) is 33.8 Å². The Labute approximate surface area is 188 Å². The van der Waals surface area contributed by atoms with Gasteiger partial charge >= 0.3 is 5.97 Å². The van der Waals surface area contributed by atoms with Crippen LogP contribution in [0.15, 0.2) is 60.3 Å². The van der Waals surface area contributed by atoms with Gasteiger partial charge in [-0.2, -0.15) is 0 Å². The summed E-state index contributed by atoms with van der Waals surface area (Å²) in [4.78, 5) is 23.7. The third-order valence-corrected chi connectivity index (χ3v) is 13.3. The van der Waals surface area contributed by atoms with Crippen molar-refractivity contribution < 1.29 is 14.3 Å². The summed E-state index contributed by atoms with van der Waals surface area (Å²) in [7, 11) is -1.82. The van der Waals surface area contributed by atoms with Crippen LogP contribution in [0.5, 0.6) is 0 Å². The lowest BCUT2D eigenvalue weighted by molar-refractivity contribution is -0.144. The van der Waals surface area contributed by atoms with Gasteiger partial charge in [0.05, 0.1) is 8.07 Å². The first-order valence-electron chi connectivity index (χ1n) is 11.1. The molecule has 2 rings (SSSR count). The lowest BCUT2D eigenvalue weighted by Crippen LogP contribution is -2.42. The maximum absolute atomic E-state index is 12.0. The molecular weight excluding hydrogens is 400 g/mol. The number of hydrogen-bond donors (Lipinski definition) is 0. The van der Waals surface area contributed by atoms with E-state index in [4.69, 9.17) is 4.74 Å². The second-order valence-corrected chi connectivity index (χ2v) is 14.9. The normalized spacial score (nSPS) is 13.2. The van der Waals surface area contributed by atoms with Crippen molar-refractivity contribution >= 4 is 20.3 Å². The number of aldehydes is 1. The first-order chi connectivity index (χ1) is 14.6. The maximum atomic E-state index is 12.0. The van der Waals surface area contributed by atoms with E-state index in [0.717, 1.165) is 23.0 Å². The predicted molar refractivity (Wildman–Crippen MR) is 132 cm³/mol. The van der Waals surface area contributed by atoms with E-state index in [1.54, 1.807) is 0 Å². The van der Waals surface area contributed by atoms with Crippen molar-refractivity contribution in [3.63, 3.8) is 0 Å². The summed E-state index contributed by atoms with van der Waals surface area (Å²) < 4.78 is 5.81. The molecule has 0 aromatic heterocycles. The van der Waals surface area contributed by atoms with Crippen LogP contribution in [-0.2, 0) is 9.53 Å². The highest BCUT2D eigenvalue weighted by Crippen LogP contribution is 2.43. The highest BCUT2D eigenvalue weighted by Gasteiger charge is 2.40. The molecule has 0 amide bonds. The van der Waals surface area contributed by atoms with Crippen molar-refractivity contribution in [2.75, 3.05) is 0 Å². The SMILES string of the molecule is CC(=O)OC(/C=C/[Si](C(C)C)(C(C)C)C(C)C)c1ccccc1-c1ccccc1C=O.